The zero-order valence-electron chi connectivity index (χ0n) is 7.72. The Morgan fingerprint density at radius 3 is 3.00 bits per heavy atom. The van der Waals surface area contributed by atoms with Crippen LogP contribution >= 0.6 is 0 Å². The van der Waals surface area contributed by atoms with E-state index in [0.29, 0.717) is 0 Å². The summed E-state index contributed by atoms with van der Waals surface area (Å²) in [4.78, 5) is 3.21. The maximum Gasteiger partial charge on any atom is 0.0217 e. The van der Waals surface area contributed by atoms with E-state index in [1.54, 1.807) is 0 Å². The average molecular weight is 161 g/mol. The highest BCUT2D eigenvalue weighted by molar-refractivity contribution is 5.57. The van der Waals surface area contributed by atoms with Crippen LogP contribution in [0.1, 0.15) is 25.1 Å². The van der Waals surface area contributed by atoms with Crippen molar-refractivity contribution < 1.29 is 0 Å². The van der Waals surface area contributed by atoms with Crippen molar-refractivity contribution in [2.24, 2.45) is 0 Å². The highest BCUT2D eigenvalue weighted by Gasteiger charge is 1.96. The first kappa shape index (κ1) is 8.85. The van der Waals surface area contributed by atoms with Gasteiger partial charge >= 0.3 is 0 Å². The van der Waals surface area contributed by atoms with Crippen molar-refractivity contribution in [3.63, 3.8) is 0 Å². The Balaban J connectivity index is 2.94. The molecule has 0 amide bonds. The molecule has 0 aliphatic rings. The molecule has 1 N–H and O–H groups in total. The number of rotatable bonds is 3. The molecule has 1 nitrogen and oxygen atoms in total. The highest BCUT2D eigenvalue weighted by atomic mass is 14.7. The van der Waals surface area contributed by atoms with Crippen molar-refractivity contribution in [3.8, 4) is 0 Å². The summed E-state index contributed by atoms with van der Waals surface area (Å²) in [6.07, 6.45) is 7.03. The second kappa shape index (κ2) is 3.96. The number of aromatic amines is 1. The highest BCUT2D eigenvalue weighted by Crippen LogP contribution is 2.12. The number of hydrogen-bond donors (Lipinski definition) is 1. The first-order valence-electron chi connectivity index (χ1n) is 4.25. The Hall–Kier alpha value is -1.24. The molecule has 0 aliphatic heterocycles. The van der Waals surface area contributed by atoms with Crippen LogP contribution in [-0.4, -0.2) is 4.98 Å². The van der Waals surface area contributed by atoms with Gasteiger partial charge in [0.05, 0.1) is 0 Å². The van der Waals surface area contributed by atoms with Gasteiger partial charge in [-0.25, -0.2) is 0 Å². The summed E-state index contributed by atoms with van der Waals surface area (Å²) in [5, 5.41) is 0. The summed E-state index contributed by atoms with van der Waals surface area (Å²) in [5.41, 5.74) is 3.76. The van der Waals surface area contributed by atoms with E-state index in [-0.39, 0.29) is 0 Å². The van der Waals surface area contributed by atoms with Gasteiger partial charge in [0.15, 0.2) is 0 Å². The van der Waals surface area contributed by atoms with Crippen LogP contribution in [0.4, 0.5) is 0 Å². The van der Waals surface area contributed by atoms with Crippen LogP contribution in [0.2, 0.25) is 0 Å². The molecule has 0 atom stereocenters. The largest absolute Gasteiger partial charge is 0.364 e. The molecule has 1 heterocycles. The number of H-pyrrole nitrogens is 1. The molecule has 64 valence electrons. The molecule has 12 heavy (non-hydrogen) atoms. The number of nitrogens with one attached hydrogen (secondary N) is 1. The van der Waals surface area contributed by atoms with E-state index in [1.165, 1.54) is 16.8 Å². The van der Waals surface area contributed by atoms with Gasteiger partial charge in [0, 0.05) is 11.9 Å². The van der Waals surface area contributed by atoms with Crippen LogP contribution in [0.25, 0.3) is 6.08 Å². The summed E-state index contributed by atoms with van der Waals surface area (Å²) < 4.78 is 0. The topological polar surface area (TPSA) is 15.8 Å². The molecule has 0 aromatic carbocycles. The molecule has 0 aliphatic carbocycles. The molecule has 0 radical (unpaired) electrons. The molecule has 0 saturated carbocycles. The molecule has 0 spiro atoms. The molecule has 0 unspecified atom stereocenters. The normalized spacial score (nSPS) is 11.7. The maximum atomic E-state index is 3.72. The third-order valence-electron chi connectivity index (χ3n) is 1.93. The Kier molecular flexibility index (Phi) is 2.92. The summed E-state index contributed by atoms with van der Waals surface area (Å²) in [6.45, 7) is 7.92. The molecule has 0 fully saturated rings. The van der Waals surface area contributed by atoms with Crippen molar-refractivity contribution >= 4 is 6.08 Å². The van der Waals surface area contributed by atoms with E-state index in [4.69, 9.17) is 0 Å². The zero-order chi connectivity index (χ0) is 8.97. The lowest BCUT2D eigenvalue weighted by Gasteiger charge is -1.95. The molecular formula is C11H15N. The minimum atomic E-state index is 1.04. The van der Waals surface area contributed by atoms with Gasteiger partial charge in [-0.15, -0.1) is 0 Å². The van der Waals surface area contributed by atoms with E-state index in [1.807, 2.05) is 12.3 Å². The lowest BCUT2D eigenvalue weighted by atomic mass is 10.1. The Morgan fingerprint density at radius 2 is 2.42 bits per heavy atom. The predicted molar refractivity (Wildman–Crippen MR) is 54.0 cm³/mol. The van der Waals surface area contributed by atoms with Crippen molar-refractivity contribution in [2.45, 2.75) is 20.3 Å². The number of aryl methyl sites for hydroxylation is 1. The van der Waals surface area contributed by atoms with Crippen LogP contribution in [0.5, 0.6) is 0 Å². The van der Waals surface area contributed by atoms with Crippen molar-refractivity contribution in [1.29, 1.82) is 0 Å². The minimum absolute atomic E-state index is 1.04. The fourth-order valence-electron chi connectivity index (χ4n) is 1.16. The Labute approximate surface area is 73.8 Å². The van der Waals surface area contributed by atoms with Crippen molar-refractivity contribution in [2.75, 3.05) is 0 Å². The predicted octanol–water partition coefficient (Wildman–Crippen LogP) is 3.17. The second-order valence-electron chi connectivity index (χ2n) is 2.86. The van der Waals surface area contributed by atoms with Crippen LogP contribution < -0.4 is 0 Å². The van der Waals surface area contributed by atoms with Crippen LogP contribution in [0.15, 0.2) is 30.5 Å². The lowest BCUT2D eigenvalue weighted by Crippen LogP contribution is -1.82. The van der Waals surface area contributed by atoms with Crippen LogP contribution in [0.3, 0.4) is 0 Å². The van der Waals surface area contributed by atoms with Gasteiger partial charge in [-0.2, -0.15) is 0 Å². The Bertz CT molecular complexity index is 292. The van der Waals surface area contributed by atoms with Crippen LogP contribution in [-0.2, 0) is 6.42 Å². The fourth-order valence-corrected chi connectivity index (χ4v) is 1.16. The second-order valence-corrected chi connectivity index (χ2v) is 2.86. The SMILES string of the molecule is C=C/C(C)=C\c1cc[nH]c1CC. The first-order valence-corrected chi connectivity index (χ1v) is 4.25. The van der Waals surface area contributed by atoms with E-state index >= 15 is 0 Å². The summed E-state index contributed by atoms with van der Waals surface area (Å²) in [5.74, 6) is 0. The zero-order valence-corrected chi connectivity index (χ0v) is 7.72. The quantitative estimate of drug-likeness (QED) is 0.655. The lowest BCUT2D eigenvalue weighted by molar-refractivity contribution is 1.06. The van der Waals surface area contributed by atoms with Gasteiger partial charge in [-0.05, 0) is 25.0 Å². The number of allylic oxidation sites excluding steroid dienone is 2. The van der Waals surface area contributed by atoms with Gasteiger partial charge in [0.25, 0.3) is 0 Å². The van der Waals surface area contributed by atoms with E-state index < -0.39 is 0 Å². The molecular weight excluding hydrogens is 146 g/mol. The molecule has 1 aromatic rings. The number of hydrogen-bond acceptors (Lipinski definition) is 0. The average Bonchev–Trinajstić information content (AvgIpc) is 2.51. The molecule has 0 bridgehead atoms. The summed E-state index contributed by atoms with van der Waals surface area (Å²) in [7, 11) is 0. The van der Waals surface area contributed by atoms with Gasteiger partial charge in [-0.1, -0.05) is 31.2 Å². The third kappa shape index (κ3) is 1.88. The molecule has 1 rings (SSSR count). The van der Waals surface area contributed by atoms with Crippen molar-refractivity contribution in [3.05, 3.63) is 41.7 Å². The third-order valence-corrected chi connectivity index (χ3v) is 1.93. The minimum Gasteiger partial charge on any atom is -0.364 e. The molecule has 1 aromatic heterocycles. The molecule has 0 saturated heterocycles. The first-order chi connectivity index (χ1) is 5.77. The van der Waals surface area contributed by atoms with Gasteiger partial charge in [0.1, 0.15) is 0 Å². The number of aromatic nitrogens is 1. The monoisotopic (exact) mass is 161 g/mol. The van der Waals surface area contributed by atoms with Gasteiger partial charge in [-0.3, -0.25) is 0 Å². The van der Waals surface area contributed by atoms with Gasteiger partial charge < -0.3 is 4.98 Å². The summed E-state index contributed by atoms with van der Waals surface area (Å²) in [6, 6.07) is 2.09. The maximum absolute atomic E-state index is 3.72. The summed E-state index contributed by atoms with van der Waals surface area (Å²) >= 11 is 0. The molecule has 1 heteroatoms. The smallest absolute Gasteiger partial charge is 0.0217 e. The van der Waals surface area contributed by atoms with E-state index in [9.17, 15) is 0 Å². The fraction of sp³-hybridized carbons (Fsp3) is 0.273. The van der Waals surface area contributed by atoms with E-state index in [2.05, 4.69) is 37.6 Å². The van der Waals surface area contributed by atoms with E-state index in [0.717, 1.165) is 6.42 Å². The standard InChI is InChI=1S/C11H15N/c1-4-9(3)8-10-6-7-12-11(10)5-2/h4,6-8,12H,1,5H2,2-3H3/b9-8-. The Morgan fingerprint density at radius 1 is 1.67 bits per heavy atom. The van der Waals surface area contributed by atoms with Crippen LogP contribution in [0, 0.1) is 0 Å². The van der Waals surface area contributed by atoms with Crippen molar-refractivity contribution in [1.82, 2.24) is 4.98 Å². The van der Waals surface area contributed by atoms with Gasteiger partial charge in [0.2, 0.25) is 0 Å².